The molecule has 1 aliphatic rings. The van der Waals surface area contributed by atoms with E-state index in [4.69, 9.17) is 5.26 Å². The third-order valence-electron chi connectivity index (χ3n) is 3.37. The Morgan fingerprint density at radius 1 is 1.50 bits per heavy atom. The van der Waals surface area contributed by atoms with E-state index in [0.29, 0.717) is 11.6 Å². The number of nitriles is 1. The molecular weight excluding hydrogens is 224 g/mol. The molecule has 0 saturated heterocycles. The summed E-state index contributed by atoms with van der Waals surface area (Å²) in [6, 6.07) is 8.35. The van der Waals surface area contributed by atoms with Gasteiger partial charge in [-0.1, -0.05) is 13.0 Å². The lowest BCUT2D eigenvalue weighted by Crippen LogP contribution is -2.27. The van der Waals surface area contributed by atoms with Crippen molar-refractivity contribution in [3.05, 3.63) is 29.3 Å². The molecule has 1 saturated carbocycles. The van der Waals surface area contributed by atoms with Gasteiger partial charge in [-0.2, -0.15) is 5.26 Å². The molecule has 1 N–H and O–H groups in total. The Balaban J connectivity index is 2.41. The lowest BCUT2D eigenvalue weighted by Gasteiger charge is -2.27. The van der Waals surface area contributed by atoms with Crippen molar-refractivity contribution >= 4 is 5.69 Å². The fourth-order valence-corrected chi connectivity index (χ4v) is 2.34. The molecule has 96 valence electrons. The Morgan fingerprint density at radius 2 is 2.22 bits per heavy atom. The van der Waals surface area contributed by atoms with Crippen LogP contribution in [0.2, 0.25) is 0 Å². The highest BCUT2D eigenvalue weighted by molar-refractivity contribution is 5.59. The maximum atomic E-state index is 9.88. The van der Waals surface area contributed by atoms with Crippen molar-refractivity contribution < 1.29 is 5.11 Å². The number of rotatable bonds is 5. The van der Waals surface area contributed by atoms with E-state index in [0.717, 1.165) is 24.2 Å². The smallest absolute Gasteiger partial charge is 0.0992 e. The van der Waals surface area contributed by atoms with E-state index in [2.05, 4.69) is 17.9 Å². The molecule has 1 aromatic rings. The van der Waals surface area contributed by atoms with Crippen molar-refractivity contribution in [3.63, 3.8) is 0 Å². The minimum atomic E-state index is -0.495. The molecule has 3 heteroatoms. The Morgan fingerprint density at radius 3 is 2.72 bits per heavy atom. The van der Waals surface area contributed by atoms with Crippen molar-refractivity contribution in [2.75, 3.05) is 11.4 Å². The average molecular weight is 244 g/mol. The lowest BCUT2D eigenvalue weighted by molar-refractivity contribution is 0.199. The quantitative estimate of drug-likeness (QED) is 0.866. The van der Waals surface area contributed by atoms with E-state index in [9.17, 15) is 5.11 Å². The highest BCUT2D eigenvalue weighted by atomic mass is 16.3. The van der Waals surface area contributed by atoms with Crippen LogP contribution in [0, 0.1) is 11.3 Å². The Bertz CT molecular complexity index is 458. The minimum absolute atomic E-state index is 0.495. The van der Waals surface area contributed by atoms with Gasteiger partial charge >= 0.3 is 0 Å². The molecule has 2 rings (SSSR count). The molecule has 3 nitrogen and oxygen atoms in total. The summed E-state index contributed by atoms with van der Waals surface area (Å²) in [5, 5.41) is 18.9. The number of aliphatic hydroxyl groups is 1. The van der Waals surface area contributed by atoms with Crippen LogP contribution in [0.3, 0.4) is 0 Å². The number of hydrogen-bond acceptors (Lipinski definition) is 3. The van der Waals surface area contributed by atoms with Crippen LogP contribution in [0.4, 0.5) is 5.69 Å². The summed E-state index contributed by atoms with van der Waals surface area (Å²) in [5.74, 6) is 0. The number of hydrogen-bond donors (Lipinski definition) is 1. The Labute approximate surface area is 109 Å². The molecule has 18 heavy (non-hydrogen) atoms. The normalized spacial score (nSPS) is 16.1. The first-order chi connectivity index (χ1) is 8.67. The van der Waals surface area contributed by atoms with Crippen molar-refractivity contribution in [1.82, 2.24) is 0 Å². The van der Waals surface area contributed by atoms with Crippen molar-refractivity contribution in [2.45, 2.75) is 45.3 Å². The summed E-state index contributed by atoms with van der Waals surface area (Å²) in [6.07, 6.45) is 3.02. The fraction of sp³-hybridized carbons (Fsp3) is 0.533. The van der Waals surface area contributed by atoms with E-state index >= 15 is 0 Å². The van der Waals surface area contributed by atoms with E-state index < -0.39 is 6.10 Å². The monoisotopic (exact) mass is 244 g/mol. The summed E-state index contributed by atoms with van der Waals surface area (Å²) in [7, 11) is 0. The van der Waals surface area contributed by atoms with Crippen LogP contribution in [0.25, 0.3) is 0 Å². The lowest BCUT2D eigenvalue weighted by atomic mass is 10.0. The Kier molecular flexibility index (Phi) is 3.88. The van der Waals surface area contributed by atoms with Crippen LogP contribution >= 0.6 is 0 Å². The van der Waals surface area contributed by atoms with Crippen molar-refractivity contribution in [3.8, 4) is 6.07 Å². The van der Waals surface area contributed by atoms with Crippen LogP contribution in [0.1, 0.15) is 50.3 Å². The third-order valence-corrected chi connectivity index (χ3v) is 3.37. The zero-order valence-electron chi connectivity index (χ0n) is 11.1. The summed E-state index contributed by atoms with van der Waals surface area (Å²) >= 11 is 0. The number of nitrogens with zero attached hydrogens (tertiary/aromatic N) is 2. The van der Waals surface area contributed by atoms with Crippen molar-refractivity contribution in [2.24, 2.45) is 0 Å². The van der Waals surface area contributed by atoms with Gasteiger partial charge < -0.3 is 10.0 Å². The van der Waals surface area contributed by atoms with E-state index in [-0.39, 0.29) is 0 Å². The molecule has 1 aliphatic carbocycles. The minimum Gasteiger partial charge on any atom is -0.389 e. The highest BCUT2D eigenvalue weighted by Gasteiger charge is 2.30. The molecule has 1 atom stereocenters. The van der Waals surface area contributed by atoms with Crippen molar-refractivity contribution in [1.29, 1.82) is 5.26 Å². The van der Waals surface area contributed by atoms with Crippen LogP contribution in [-0.4, -0.2) is 17.7 Å². The van der Waals surface area contributed by atoms with Gasteiger partial charge in [0.15, 0.2) is 0 Å². The summed E-state index contributed by atoms with van der Waals surface area (Å²) in [4.78, 5) is 2.35. The van der Waals surface area contributed by atoms with Crippen LogP contribution in [0.5, 0.6) is 0 Å². The topological polar surface area (TPSA) is 47.3 Å². The molecule has 0 bridgehead atoms. The van der Waals surface area contributed by atoms with Gasteiger partial charge in [-0.3, -0.25) is 0 Å². The Hall–Kier alpha value is -1.53. The first-order valence-electron chi connectivity index (χ1n) is 6.66. The maximum absolute atomic E-state index is 9.88. The second-order valence-corrected chi connectivity index (χ2v) is 4.99. The van der Waals surface area contributed by atoms with Crippen LogP contribution < -0.4 is 4.90 Å². The number of benzene rings is 1. The maximum Gasteiger partial charge on any atom is 0.0992 e. The number of anilines is 1. The molecule has 0 unspecified atom stereocenters. The van der Waals surface area contributed by atoms with E-state index in [1.165, 1.54) is 12.8 Å². The van der Waals surface area contributed by atoms with Gasteiger partial charge in [0.2, 0.25) is 0 Å². The van der Waals surface area contributed by atoms with E-state index in [1.807, 2.05) is 12.1 Å². The predicted molar refractivity (Wildman–Crippen MR) is 72.4 cm³/mol. The largest absolute Gasteiger partial charge is 0.389 e. The van der Waals surface area contributed by atoms with Crippen LogP contribution in [0.15, 0.2) is 18.2 Å². The van der Waals surface area contributed by atoms with Gasteiger partial charge in [0.05, 0.1) is 17.7 Å². The predicted octanol–water partition coefficient (Wildman–Crippen LogP) is 2.99. The fourth-order valence-electron chi connectivity index (χ4n) is 2.34. The molecule has 0 aromatic heterocycles. The highest BCUT2D eigenvalue weighted by Crippen LogP contribution is 2.36. The van der Waals surface area contributed by atoms with Gasteiger partial charge in [0.25, 0.3) is 0 Å². The second-order valence-electron chi connectivity index (χ2n) is 4.99. The van der Waals surface area contributed by atoms with Crippen LogP contribution in [-0.2, 0) is 0 Å². The molecule has 1 fully saturated rings. The van der Waals surface area contributed by atoms with Gasteiger partial charge in [0, 0.05) is 23.8 Å². The molecule has 0 radical (unpaired) electrons. The van der Waals surface area contributed by atoms with Gasteiger partial charge in [-0.05, 0) is 38.3 Å². The third kappa shape index (κ3) is 2.65. The molecule has 1 aromatic carbocycles. The standard InChI is InChI=1S/C15H20N2O/c1-3-8-17(13-5-6-13)15-9-12(10-16)4-7-14(15)11(2)18/h4,7,9,11,13,18H,3,5-6,8H2,1-2H3/t11-/m0/s1. The van der Waals surface area contributed by atoms with E-state index in [1.54, 1.807) is 13.0 Å². The van der Waals surface area contributed by atoms with Gasteiger partial charge in [-0.15, -0.1) is 0 Å². The number of aliphatic hydroxyl groups excluding tert-OH is 1. The zero-order chi connectivity index (χ0) is 13.1. The first kappa shape index (κ1) is 12.9. The van der Waals surface area contributed by atoms with Gasteiger partial charge in [0.1, 0.15) is 0 Å². The molecule has 0 heterocycles. The molecular formula is C15H20N2O. The summed E-state index contributed by atoms with van der Waals surface area (Å²) in [5.41, 5.74) is 2.62. The summed E-state index contributed by atoms with van der Waals surface area (Å²) < 4.78 is 0. The molecule has 0 spiro atoms. The second kappa shape index (κ2) is 5.41. The average Bonchev–Trinajstić information content (AvgIpc) is 3.19. The first-order valence-corrected chi connectivity index (χ1v) is 6.66. The molecule has 0 aliphatic heterocycles. The summed E-state index contributed by atoms with van der Waals surface area (Å²) in [6.45, 7) is 4.92. The molecule has 0 amide bonds. The van der Waals surface area contributed by atoms with Gasteiger partial charge in [-0.25, -0.2) is 0 Å². The SMILES string of the molecule is CCCN(c1cc(C#N)ccc1[C@H](C)O)C1CC1. The zero-order valence-corrected chi connectivity index (χ0v) is 11.1.